The number of benzene rings is 1. The highest BCUT2D eigenvalue weighted by Crippen LogP contribution is 2.32. The van der Waals surface area contributed by atoms with Gasteiger partial charge in [-0.25, -0.2) is 0 Å². The summed E-state index contributed by atoms with van der Waals surface area (Å²) >= 11 is 0. The molecular weight excluding hydrogens is 276 g/mol. The number of carbonyl (C=O) groups excluding carboxylic acids is 1. The summed E-state index contributed by atoms with van der Waals surface area (Å²) in [7, 11) is 1.94. The number of nitrogens with one attached hydrogen (secondary N) is 1. The van der Waals surface area contributed by atoms with Gasteiger partial charge in [-0.15, -0.1) is 0 Å². The van der Waals surface area contributed by atoms with Crippen LogP contribution >= 0.6 is 0 Å². The molecule has 0 saturated heterocycles. The van der Waals surface area contributed by atoms with E-state index >= 15 is 0 Å². The van der Waals surface area contributed by atoms with E-state index in [1.807, 2.05) is 42.3 Å². The summed E-state index contributed by atoms with van der Waals surface area (Å²) in [5.74, 6) is 0.0535. The molecule has 3 rings (SSSR count). The Kier molecular flexibility index (Phi) is 4.50. The second-order valence-corrected chi connectivity index (χ2v) is 6.94. The maximum Gasteiger partial charge on any atom is 0.242 e. The first-order valence-corrected chi connectivity index (χ1v) is 8.35. The molecule has 2 N–H and O–H groups in total. The van der Waals surface area contributed by atoms with E-state index in [0.29, 0.717) is 12.6 Å². The molecule has 22 heavy (non-hydrogen) atoms. The van der Waals surface area contributed by atoms with Crippen molar-refractivity contribution in [2.75, 3.05) is 13.6 Å². The summed E-state index contributed by atoms with van der Waals surface area (Å²) in [6.07, 6.45) is 6.00. The van der Waals surface area contributed by atoms with Crippen molar-refractivity contribution < 1.29 is 9.90 Å². The highest BCUT2D eigenvalue weighted by Gasteiger charge is 2.37. The molecule has 0 bridgehead atoms. The molecule has 0 aliphatic heterocycles. The smallest absolute Gasteiger partial charge is 0.242 e. The molecule has 2 aliphatic carbocycles. The highest BCUT2D eigenvalue weighted by atomic mass is 16.3. The first-order valence-electron chi connectivity index (χ1n) is 8.35. The van der Waals surface area contributed by atoms with Gasteiger partial charge in [0.15, 0.2) is 0 Å². The van der Waals surface area contributed by atoms with Gasteiger partial charge in [-0.05, 0) is 38.3 Å². The van der Waals surface area contributed by atoms with Crippen molar-refractivity contribution in [3.05, 3.63) is 35.9 Å². The third-order valence-electron chi connectivity index (χ3n) is 4.81. The minimum Gasteiger partial charge on any atom is -0.389 e. The number of hydrogen-bond acceptors (Lipinski definition) is 3. The van der Waals surface area contributed by atoms with Crippen LogP contribution in [0.4, 0.5) is 0 Å². The van der Waals surface area contributed by atoms with Crippen LogP contribution in [0.1, 0.15) is 50.1 Å². The minimum absolute atomic E-state index is 0.0535. The number of amides is 1. The molecule has 1 unspecified atom stereocenters. The van der Waals surface area contributed by atoms with Gasteiger partial charge in [0.05, 0.1) is 5.60 Å². The largest absolute Gasteiger partial charge is 0.389 e. The predicted molar refractivity (Wildman–Crippen MR) is 86.4 cm³/mol. The maximum atomic E-state index is 12.7. The lowest BCUT2D eigenvalue weighted by atomic mass is 9.98. The summed E-state index contributed by atoms with van der Waals surface area (Å²) in [4.78, 5) is 14.7. The Morgan fingerprint density at radius 3 is 2.55 bits per heavy atom. The van der Waals surface area contributed by atoms with Crippen LogP contribution in [0, 0.1) is 0 Å². The van der Waals surface area contributed by atoms with Crippen LogP contribution in [-0.4, -0.2) is 41.1 Å². The van der Waals surface area contributed by atoms with Gasteiger partial charge in [0, 0.05) is 12.6 Å². The Morgan fingerprint density at radius 2 is 1.95 bits per heavy atom. The van der Waals surface area contributed by atoms with E-state index in [0.717, 1.165) is 44.1 Å². The van der Waals surface area contributed by atoms with E-state index in [9.17, 15) is 9.90 Å². The zero-order valence-electron chi connectivity index (χ0n) is 13.3. The lowest BCUT2D eigenvalue weighted by molar-refractivity contribution is -0.127. The Labute approximate surface area is 132 Å². The van der Waals surface area contributed by atoms with Gasteiger partial charge in [0.25, 0.3) is 0 Å². The van der Waals surface area contributed by atoms with E-state index in [1.165, 1.54) is 0 Å². The number of carbonyl (C=O) groups is 1. The van der Waals surface area contributed by atoms with Crippen molar-refractivity contribution in [3.8, 4) is 0 Å². The first-order chi connectivity index (χ1) is 10.6. The van der Waals surface area contributed by atoms with Gasteiger partial charge in [0.2, 0.25) is 5.91 Å². The van der Waals surface area contributed by atoms with Crippen molar-refractivity contribution in [1.29, 1.82) is 0 Å². The fourth-order valence-corrected chi connectivity index (χ4v) is 3.50. The maximum absolute atomic E-state index is 12.7. The van der Waals surface area contributed by atoms with Gasteiger partial charge < -0.3 is 10.4 Å². The van der Waals surface area contributed by atoms with Gasteiger partial charge in [-0.2, -0.15) is 0 Å². The van der Waals surface area contributed by atoms with Crippen LogP contribution < -0.4 is 5.32 Å². The molecule has 120 valence electrons. The van der Waals surface area contributed by atoms with E-state index < -0.39 is 5.60 Å². The number of hydrogen-bond donors (Lipinski definition) is 2. The van der Waals surface area contributed by atoms with Crippen LogP contribution in [0.2, 0.25) is 0 Å². The standard InChI is InChI=1S/C18H26N2O2/c1-20(13-18(22)11-5-6-12-18)16(14-7-3-2-4-8-14)17(21)19-15-9-10-15/h2-4,7-8,15-16,22H,5-6,9-13H2,1H3,(H,19,21). The molecule has 1 atom stereocenters. The number of aliphatic hydroxyl groups is 1. The van der Waals surface area contributed by atoms with E-state index in [4.69, 9.17) is 0 Å². The zero-order chi connectivity index (χ0) is 15.6. The van der Waals surface area contributed by atoms with Crippen molar-refractivity contribution >= 4 is 5.91 Å². The van der Waals surface area contributed by atoms with Gasteiger partial charge in [-0.3, -0.25) is 9.69 Å². The van der Waals surface area contributed by atoms with Gasteiger partial charge >= 0.3 is 0 Å². The highest BCUT2D eigenvalue weighted by molar-refractivity contribution is 5.83. The molecule has 2 aliphatic rings. The molecule has 0 radical (unpaired) electrons. The van der Waals surface area contributed by atoms with E-state index in [2.05, 4.69) is 5.32 Å². The Hall–Kier alpha value is -1.39. The summed E-state index contributed by atoms with van der Waals surface area (Å²) in [5.41, 5.74) is 0.353. The SMILES string of the molecule is CN(CC1(O)CCCC1)C(C(=O)NC1CC1)c1ccccc1. The zero-order valence-corrected chi connectivity index (χ0v) is 13.3. The Bertz CT molecular complexity index is 507. The fourth-order valence-electron chi connectivity index (χ4n) is 3.50. The second-order valence-electron chi connectivity index (χ2n) is 6.94. The van der Waals surface area contributed by atoms with E-state index in [-0.39, 0.29) is 11.9 Å². The minimum atomic E-state index is -0.637. The molecule has 0 aromatic heterocycles. The van der Waals surface area contributed by atoms with Crippen molar-refractivity contribution in [3.63, 3.8) is 0 Å². The van der Waals surface area contributed by atoms with Crippen LogP contribution in [0.25, 0.3) is 0 Å². The number of likely N-dealkylation sites (N-methyl/N-ethyl adjacent to an activating group) is 1. The topological polar surface area (TPSA) is 52.6 Å². The molecule has 4 heteroatoms. The van der Waals surface area contributed by atoms with Gasteiger partial charge in [0.1, 0.15) is 6.04 Å². The monoisotopic (exact) mass is 302 g/mol. The molecular formula is C18H26N2O2. The Balaban J connectivity index is 1.75. The molecule has 0 spiro atoms. The molecule has 0 heterocycles. The summed E-state index contributed by atoms with van der Waals surface area (Å²) in [6, 6.07) is 9.89. The summed E-state index contributed by atoms with van der Waals surface area (Å²) in [5, 5.41) is 13.8. The molecule has 1 amide bonds. The van der Waals surface area contributed by atoms with Crippen molar-refractivity contribution in [2.45, 2.75) is 56.2 Å². The normalized spacial score (nSPS) is 21.8. The van der Waals surface area contributed by atoms with Crippen molar-refractivity contribution in [1.82, 2.24) is 10.2 Å². The summed E-state index contributed by atoms with van der Waals surface area (Å²) < 4.78 is 0. The van der Waals surface area contributed by atoms with Crippen molar-refractivity contribution in [2.24, 2.45) is 0 Å². The average Bonchev–Trinajstić information content (AvgIpc) is 3.19. The third-order valence-corrected chi connectivity index (χ3v) is 4.81. The van der Waals surface area contributed by atoms with Crippen LogP contribution in [0.3, 0.4) is 0 Å². The van der Waals surface area contributed by atoms with Crippen LogP contribution in [-0.2, 0) is 4.79 Å². The fraction of sp³-hybridized carbons (Fsp3) is 0.611. The summed E-state index contributed by atoms with van der Waals surface area (Å²) in [6.45, 7) is 0.546. The molecule has 4 nitrogen and oxygen atoms in total. The number of rotatable bonds is 6. The quantitative estimate of drug-likeness (QED) is 0.847. The average molecular weight is 302 g/mol. The number of nitrogens with zero attached hydrogens (tertiary/aromatic N) is 1. The second kappa shape index (κ2) is 6.39. The molecule has 2 fully saturated rings. The van der Waals surface area contributed by atoms with Gasteiger partial charge in [-0.1, -0.05) is 43.2 Å². The molecule has 1 aromatic carbocycles. The molecule has 2 saturated carbocycles. The first kappa shape index (κ1) is 15.5. The van der Waals surface area contributed by atoms with E-state index in [1.54, 1.807) is 0 Å². The third kappa shape index (κ3) is 3.68. The predicted octanol–water partition coefficient (Wildman–Crippen LogP) is 2.24. The Morgan fingerprint density at radius 1 is 1.32 bits per heavy atom. The lowest BCUT2D eigenvalue weighted by Gasteiger charge is -2.33. The van der Waals surface area contributed by atoms with Crippen LogP contribution in [0.15, 0.2) is 30.3 Å². The van der Waals surface area contributed by atoms with Crippen LogP contribution in [0.5, 0.6) is 0 Å². The molecule has 1 aromatic rings. The lowest BCUT2D eigenvalue weighted by Crippen LogP contribution is -2.46.